The van der Waals surface area contributed by atoms with E-state index in [-0.39, 0.29) is 30.8 Å². The van der Waals surface area contributed by atoms with Crippen LogP contribution in [0.4, 0.5) is 13.2 Å². The number of halogens is 3. The van der Waals surface area contributed by atoms with E-state index >= 15 is 0 Å². The fourth-order valence-electron chi connectivity index (χ4n) is 3.48. The molecule has 1 amide bonds. The molecular formula is C14H23F3N2O. The number of nitrogens with zero attached hydrogens (tertiary/aromatic N) is 1. The van der Waals surface area contributed by atoms with Gasteiger partial charge in [-0.1, -0.05) is 6.42 Å². The van der Waals surface area contributed by atoms with Gasteiger partial charge in [-0.25, -0.2) is 0 Å². The van der Waals surface area contributed by atoms with Crippen LogP contribution in [0.3, 0.4) is 0 Å². The Morgan fingerprint density at radius 1 is 1.20 bits per heavy atom. The molecule has 0 bridgehead atoms. The Labute approximate surface area is 117 Å². The highest BCUT2D eigenvalue weighted by Gasteiger charge is 2.44. The fraction of sp³-hybridized carbons (Fsp3) is 0.929. The molecule has 2 N–H and O–H groups in total. The first-order valence-electron chi connectivity index (χ1n) is 7.41. The van der Waals surface area contributed by atoms with Gasteiger partial charge in [-0.05, 0) is 39.0 Å². The molecule has 0 aromatic carbocycles. The van der Waals surface area contributed by atoms with Crippen molar-refractivity contribution in [2.45, 2.75) is 63.7 Å². The lowest BCUT2D eigenvalue weighted by Gasteiger charge is -2.40. The number of amides is 1. The molecule has 2 fully saturated rings. The summed E-state index contributed by atoms with van der Waals surface area (Å²) < 4.78 is 38.4. The Morgan fingerprint density at radius 2 is 1.90 bits per heavy atom. The van der Waals surface area contributed by atoms with Crippen molar-refractivity contribution in [3.63, 3.8) is 0 Å². The van der Waals surface area contributed by atoms with Crippen molar-refractivity contribution in [3.05, 3.63) is 0 Å². The molecule has 1 saturated carbocycles. The van der Waals surface area contributed by atoms with E-state index in [1.807, 2.05) is 6.92 Å². The molecule has 6 heteroatoms. The number of carbonyl (C=O) groups is 1. The second-order valence-corrected chi connectivity index (χ2v) is 6.27. The average molecular weight is 292 g/mol. The van der Waals surface area contributed by atoms with E-state index in [1.165, 1.54) is 0 Å². The molecule has 0 radical (unpaired) electrons. The molecule has 2 aliphatic rings. The molecule has 3 nitrogen and oxygen atoms in total. The molecule has 0 spiro atoms. The van der Waals surface area contributed by atoms with Crippen LogP contribution in [0, 0.1) is 11.8 Å². The first-order valence-corrected chi connectivity index (χ1v) is 7.41. The van der Waals surface area contributed by atoms with Gasteiger partial charge in [-0.15, -0.1) is 0 Å². The van der Waals surface area contributed by atoms with E-state index < -0.39 is 18.0 Å². The predicted molar refractivity (Wildman–Crippen MR) is 69.9 cm³/mol. The van der Waals surface area contributed by atoms with Crippen molar-refractivity contribution < 1.29 is 18.0 Å². The minimum atomic E-state index is -4.17. The van der Waals surface area contributed by atoms with Gasteiger partial charge in [-0.2, -0.15) is 13.2 Å². The van der Waals surface area contributed by atoms with E-state index in [9.17, 15) is 18.0 Å². The molecule has 0 aromatic rings. The molecule has 1 heterocycles. The Hall–Kier alpha value is -0.780. The highest BCUT2D eigenvalue weighted by Crippen LogP contribution is 2.40. The SMILES string of the molecule is CC1CC(N)CCN1C(=O)C1CCCC(C(F)(F)F)C1. The summed E-state index contributed by atoms with van der Waals surface area (Å²) in [4.78, 5) is 14.2. The van der Waals surface area contributed by atoms with E-state index in [4.69, 9.17) is 5.73 Å². The van der Waals surface area contributed by atoms with E-state index in [0.29, 0.717) is 19.4 Å². The van der Waals surface area contributed by atoms with Crippen LogP contribution in [-0.2, 0) is 4.79 Å². The Balaban J connectivity index is 1.98. The smallest absolute Gasteiger partial charge is 0.340 e. The van der Waals surface area contributed by atoms with Crippen molar-refractivity contribution in [2.24, 2.45) is 17.6 Å². The zero-order valence-electron chi connectivity index (χ0n) is 11.8. The highest BCUT2D eigenvalue weighted by molar-refractivity contribution is 5.79. The van der Waals surface area contributed by atoms with Gasteiger partial charge in [0.1, 0.15) is 0 Å². The van der Waals surface area contributed by atoms with Crippen LogP contribution in [0.15, 0.2) is 0 Å². The second-order valence-electron chi connectivity index (χ2n) is 6.27. The van der Waals surface area contributed by atoms with Crippen molar-refractivity contribution >= 4 is 5.91 Å². The van der Waals surface area contributed by atoms with E-state index in [0.717, 1.165) is 12.8 Å². The molecule has 0 aromatic heterocycles. The lowest BCUT2D eigenvalue weighted by atomic mass is 9.80. The van der Waals surface area contributed by atoms with Crippen molar-refractivity contribution in [3.8, 4) is 0 Å². The number of nitrogens with two attached hydrogens (primary N) is 1. The number of hydrogen-bond donors (Lipinski definition) is 1. The summed E-state index contributed by atoms with van der Waals surface area (Å²) in [5.41, 5.74) is 5.86. The monoisotopic (exact) mass is 292 g/mol. The van der Waals surface area contributed by atoms with Gasteiger partial charge < -0.3 is 10.6 Å². The Bertz CT molecular complexity index is 359. The summed E-state index contributed by atoms with van der Waals surface area (Å²) in [6.45, 7) is 2.51. The van der Waals surface area contributed by atoms with Gasteiger partial charge in [-0.3, -0.25) is 4.79 Å². The summed E-state index contributed by atoms with van der Waals surface area (Å²) in [6.07, 6.45) is -1.50. The number of rotatable bonds is 1. The molecule has 4 unspecified atom stereocenters. The third kappa shape index (κ3) is 3.45. The van der Waals surface area contributed by atoms with Crippen LogP contribution in [0.2, 0.25) is 0 Å². The number of hydrogen-bond acceptors (Lipinski definition) is 2. The predicted octanol–water partition coefficient (Wildman–Crippen LogP) is 2.69. The zero-order valence-corrected chi connectivity index (χ0v) is 11.8. The zero-order chi connectivity index (χ0) is 14.9. The summed E-state index contributed by atoms with van der Waals surface area (Å²) >= 11 is 0. The maximum atomic E-state index is 12.8. The first kappa shape index (κ1) is 15.6. The van der Waals surface area contributed by atoms with Crippen LogP contribution in [0.5, 0.6) is 0 Å². The summed E-state index contributed by atoms with van der Waals surface area (Å²) in [6, 6.07) is 0.140. The number of likely N-dealkylation sites (tertiary alicyclic amines) is 1. The highest BCUT2D eigenvalue weighted by atomic mass is 19.4. The quantitative estimate of drug-likeness (QED) is 0.807. The lowest BCUT2D eigenvalue weighted by molar-refractivity contribution is -0.187. The number of carbonyl (C=O) groups excluding carboxylic acids is 1. The minimum Gasteiger partial charge on any atom is -0.340 e. The molecular weight excluding hydrogens is 269 g/mol. The molecule has 116 valence electrons. The van der Waals surface area contributed by atoms with Crippen molar-refractivity contribution in [1.29, 1.82) is 0 Å². The molecule has 1 aliphatic heterocycles. The van der Waals surface area contributed by atoms with Crippen LogP contribution in [0.25, 0.3) is 0 Å². The van der Waals surface area contributed by atoms with Gasteiger partial charge in [0.2, 0.25) is 5.91 Å². The fourth-order valence-corrected chi connectivity index (χ4v) is 3.48. The molecule has 1 saturated heterocycles. The number of alkyl halides is 3. The normalized spacial score (nSPS) is 36.0. The molecule has 4 atom stereocenters. The molecule has 20 heavy (non-hydrogen) atoms. The third-order valence-electron chi connectivity index (χ3n) is 4.69. The van der Waals surface area contributed by atoms with Gasteiger partial charge in [0, 0.05) is 24.5 Å². The van der Waals surface area contributed by atoms with Gasteiger partial charge >= 0.3 is 6.18 Å². The first-order chi connectivity index (χ1) is 9.29. The van der Waals surface area contributed by atoms with Crippen LogP contribution >= 0.6 is 0 Å². The summed E-state index contributed by atoms with van der Waals surface area (Å²) in [5.74, 6) is -1.88. The van der Waals surface area contributed by atoms with Gasteiger partial charge in [0.15, 0.2) is 0 Å². The van der Waals surface area contributed by atoms with E-state index in [2.05, 4.69) is 0 Å². The van der Waals surface area contributed by atoms with Crippen LogP contribution in [-0.4, -0.2) is 35.6 Å². The van der Waals surface area contributed by atoms with Crippen LogP contribution in [0.1, 0.15) is 45.4 Å². The van der Waals surface area contributed by atoms with Crippen LogP contribution < -0.4 is 5.73 Å². The Kier molecular flexibility index (Phi) is 4.62. The van der Waals surface area contributed by atoms with E-state index in [1.54, 1.807) is 4.90 Å². The second kappa shape index (κ2) is 5.92. The summed E-state index contributed by atoms with van der Waals surface area (Å²) in [7, 11) is 0. The topological polar surface area (TPSA) is 46.3 Å². The average Bonchev–Trinajstić information content (AvgIpc) is 2.37. The van der Waals surface area contributed by atoms with Crippen molar-refractivity contribution in [2.75, 3.05) is 6.54 Å². The molecule has 2 rings (SSSR count). The standard InChI is InChI=1S/C14H23F3N2O/c1-9-7-12(18)5-6-19(9)13(20)10-3-2-4-11(8-10)14(15,16)17/h9-12H,2-8,18H2,1H3. The molecule has 1 aliphatic carbocycles. The lowest BCUT2D eigenvalue weighted by Crippen LogP contribution is -2.51. The minimum absolute atomic E-state index is 0.0394. The largest absolute Gasteiger partial charge is 0.391 e. The Morgan fingerprint density at radius 3 is 2.50 bits per heavy atom. The number of piperidine rings is 1. The van der Waals surface area contributed by atoms with Gasteiger partial charge in [0.25, 0.3) is 0 Å². The van der Waals surface area contributed by atoms with Gasteiger partial charge in [0.05, 0.1) is 5.92 Å². The maximum absolute atomic E-state index is 12.8. The van der Waals surface area contributed by atoms with Crippen molar-refractivity contribution in [1.82, 2.24) is 4.90 Å². The maximum Gasteiger partial charge on any atom is 0.391 e. The third-order valence-corrected chi connectivity index (χ3v) is 4.69. The summed E-state index contributed by atoms with van der Waals surface area (Å²) in [5, 5.41) is 0.